The van der Waals surface area contributed by atoms with E-state index in [-0.39, 0.29) is 5.56 Å². The van der Waals surface area contributed by atoms with Crippen molar-refractivity contribution in [3.05, 3.63) is 51.0 Å². The molecule has 0 radical (unpaired) electrons. The Morgan fingerprint density at radius 3 is 2.74 bits per heavy atom. The van der Waals surface area contributed by atoms with Crippen LogP contribution >= 0.6 is 11.3 Å². The lowest BCUT2D eigenvalue weighted by Crippen LogP contribution is -2.23. The van der Waals surface area contributed by atoms with Crippen molar-refractivity contribution in [1.29, 1.82) is 0 Å². The van der Waals surface area contributed by atoms with Crippen LogP contribution in [0.15, 0.2) is 24.3 Å². The van der Waals surface area contributed by atoms with Crippen molar-refractivity contribution < 1.29 is 9.18 Å². The summed E-state index contributed by atoms with van der Waals surface area (Å²) in [5.74, 6) is -1.02. The van der Waals surface area contributed by atoms with Gasteiger partial charge in [0.15, 0.2) is 0 Å². The van der Waals surface area contributed by atoms with Gasteiger partial charge in [-0.1, -0.05) is 0 Å². The van der Waals surface area contributed by atoms with Crippen molar-refractivity contribution in [1.82, 2.24) is 5.32 Å². The fourth-order valence-corrected chi connectivity index (χ4v) is 2.71. The zero-order valence-electron chi connectivity index (χ0n) is 10.8. The molecule has 0 aliphatic carbocycles. The second-order valence-corrected chi connectivity index (χ2v) is 5.71. The third kappa shape index (κ3) is 3.12. The van der Waals surface area contributed by atoms with E-state index in [1.54, 1.807) is 11.3 Å². The van der Waals surface area contributed by atoms with E-state index in [9.17, 15) is 9.18 Å². The van der Waals surface area contributed by atoms with Crippen molar-refractivity contribution in [2.75, 3.05) is 5.73 Å². The fourth-order valence-electron chi connectivity index (χ4n) is 1.72. The van der Waals surface area contributed by atoms with Crippen LogP contribution in [0, 0.1) is 19.7 Å². The lowest BCUT2D eigenvalue weighted by atomic mass is 10.1. The molecule has 1 aromatic carbocycles. The molecule has 19 heavy (non-hydrogen) atoms. The molecule has 3 nitrogen and oxygen atoms in total. The zero-order valence-corrected chi connectivity index (χ0v) is 11.6. The average Bonchev–Trinajstić information content (AvgIpc) is 2.69. The Morgan fingerprint density at radius 2 is 2.11 bits per heavy atom. The van der Waals surface area contributed by atoms with Gasteiger partial charge >= 0.3 is 0 Å². The van der Waals surface area contributed by atoms with Crippen LogP contribution in [0.4, 0.5) is 10.1 Å². The summed E-state index contributed by atoms with van der Waals surface area (Å²) in [6.07, 6.45) is 0. The number of aryl methyl sites for hydroxylation is 2. The number of halogens is 1. The first-order chi connectivity index (χ1) is 8.97. The smallest absolute Gasteiger partial charge is 0.254 e. The largest absolute Gasteiger partial charge is 0.399 e. The normalized spacial score (nSPS) is 10.5. The number of carbonyl (C=O) groups is 1. The lowest BCUT2D eigenvalue weighted by Gasteiger charge is -2.05. The number of hydrogen-bond donors (Lipinski definition) is 2. The second-order valence-electron chi connectivity index (χ2n) is 4.37. The molecule has 2 aromatic rings. The first-order valence-corrected chi connectivity index (χ1v) is 6.68. The molecule has 0 aliphatic rings. The van der Waals surface area contributed by atoms with Crippen LogP contribution in [-0.4, -0.2) is 5.91 Å². The van der Waals surface area contributed by atoms with Crippen molar-refractivity contribution in [2.24, 2.45) is 0 Å². The molecular weight excluding hydrogens is 263 g/mol. The highest BCUT2D eigenvalue weighted by Gasteiger charge is 2.12. The predicted molar refractivity (Wildman–Crippen MR) is 75.8 cm³/mol. The highest BCUT2D eigenvalue weighted by atomic mass is 32.1. The van der Waals surface area contributed by atoms with Gasteiger partial charge in [0.25, 0.3) is 5.91 Å². The number of nitrogens with one attached hydrogen (secondary N) is 1. The molecule has 0 saturated heterocycles. The Labute approximate surface area is 115 Å². The van der Waals surface area contributed by atoms with Gasteiger partial charge in [-0.25, -0.2) is 4.39 Å². The minimum atomic E-state index is -0.565. The van der Waals surface area contributed by atoms with E-state index in [4.69, 9.17) is 5.73 Å². The van der Waals surface area contributed by atoms with Crippen LogP contribution in [0.2, 0.25) is 0 Å². The lowest BCUT2D eigenvalue weighted by molar-refractivity contribution is 0.0947. The van der Waals surface area contributed by atoms with E-state index >= 15 is 0 Å². The van der Waals surface area contributed by atoms with Gasteiger partial charge in [0.05, 0.1) is 12.1 Å². The average molecular weight is 278 g/mol. The molecule has 0 saturated carbocycles. The van der Waals surface area contributed by atoms with Crippen LogP contribution in [0.25, 0.3) is 0 Å². The van der Waals surface area contributed by atoms with Gasteiger partial charge in [0, 0.05) is 15.4 Å². The Kier molecular flexibility index (Phi) is 3.85. The van der Waals surface area contributed by atoms with Crippen molar-refractivity contribution >= 4 is 22.9 Å². The molecule has 2 rings (SSSR count). The van der Waals surface area contributed by atoms with Crippen LogP contribution in [0.1, 0.15) is 25.7 Å². The first-order valence-electron chi connectivity index (χ1n) is 5.86. The van der Waals surface area contributed by atoms with Crippen molar-refractivity contribution in [2.45, 2.75) is 20.4 Å². The standard InChI is InChI=1S/C14H15FN2OS/c1-8-5-11(19-9(8)2)7-17-14(18)12-6-10(16)3-4-13(12)15/h3-6H,7,16H2,1-2H3,(H,17,18). The number of anilines is 1. The van der Waals surface area contributed by atoms with E-state index in [1.165, 1.54) is 28.6 Å². The monoisotopic (exact) mass is 278 g/mol. The van der Waals surface area contributed by atoms with E-state index in [0.29, 0.717) is 12.2 Å². The third-order valence-corrected chi connectivity index (χ3v) is 4.03. The van der Waals surface area contributed by atoms with Crippen molar-refractivity contribution in [3.8, 4) is 0 Å². The summed E-state index contributed by atoms with van der Waals surface area (Å²) in [6.45, 7) is 4.45. The Balaban J connectivity index is 2.07. The van der Waals surface area contributed by atoms with E-state index in [1.807, 2.05) is 19.9 Å². The molecule has 100 valence electrons. The summed E-state index contributed by atoms with van der Waals surface area (Å²) in [6, 6.07) is 5.99. The van der Waals surface area contributed by atoms with E-state index < -0.39 is 11.7 Å². The summed E-state index contributed by atoms with van der Waals surface area (Å²) < 4.78 is 13.5. The molecule has 0 unspecified atom stereocenters. The Hall–Kier alpha value is -1.88. The zero-order chi connectivity index (χ0) is 14.0. The molecule has 1 amide bonds. The molecule has 0 spiro atoms. The summed E-state index contributed by atoms with van der Waals surface area (Å²) in [4.78, 5) is 14.2. The molecule has 0 atom stereocenters. The fraction of sp³-hybridized carbons (Fsp3) is 0.214. The number of carbonyl (C=O) groups excluding carboxylic acids is 1. The molecule has 0 aliphatic heterocycles. The number of thiophene rings is 1. The number of nitrogens with two attached hydrogens (primary N) is 1. The highest BCUT2D eigenvalue weighted by molar-refractivity contribution is 7.12. The van der Waals surface area contributed by atoms with Crippen LogP contribution in [0.5, 0.6) is 0 Å². The van der Waals surface area contributed by atoms with Gasteiger partial charge in [-0.05, 0) is 43.7 Å². The number of hydrogen-bond acceptors (Lipinski definition) is 3. The summed E-state index contributed by atoms with van der Waals surface area (Å²) in [5.41, 5.74) is 7.10. The Morgan fingerprint density at radius 1 is 1.37 bits per heavy atom. The number of amides is 1. The third-order valence-electron chi connectivity index (χ3n) is 2.88. The topological polar surface area (TPSA) is 55.1 Å². The van der Waals surface area contributed by atoms with Gasteiger partial charge in [0.2, 0.25) is 0 Å². The van der Waals surface area contributed by atoms with Crippen LogP contribution in [0.3, 0.4) is 0 Å². The highest BCUT2D eigenvalue weighted by Crippen LogP contribution is 2.20. The van der Waals surface area contributed by atoms with Gasteiger partial charge in [-0.15, -0.1) is 11.3 Å². The summed E-state index contributed by atoms with van der Waals surface area (Å²) in [5, 5.41) is 2.70. The number of benzene rings is 1. The number of rotatable bonds is 3. The quantitative estimate of drug-likeness (QED) is 0.848. The molecule has 1 heterocycles. The molecule has 1 aromatic heterocycles. The van der Waals surface area contributed by atoms with Gasteiger partial charge in [0.1, 0.15) is 5.82 Å². The van der Waals surface area contributed by atoms with E-state index in [2.05, 4.69) is 5.32 Å². The predicted octanol–water partition coefficient (Wildman–Crippen LogP) is 3.02. The Bertz CT molecular complexity index is 602. The van der Waals surface area contributed by atoms with Crippen molar-refractivity contribution in [3.63, 3.8) is 0 Å². The SMILES string of the molecule is Cc1cc(CNC(=O)c2cc(N)ccc2F)sc1C. The number of nitrogen functional groups attached to an aromatic ring is 1. The van der Waals surface area contributed by atoms with E-state index in [0.717, 1.165) is 4.88 Å². The summed E-state index contributed by atoms with van der Waals surface area (Å²) in [7, 11) is 0. The maximum Gasteiger partial charge on any atom is 0.254 e. The first kappa shape index (κ1) is 13.5. The summed E-state index contributed by atoms with van der Waals surface area (Å²) >= 11 is 1.63. The molecule has 0 bridgehead atoms. The minimum Gasteiger partial charge on any atom is -0.399 e. The van der Waals surface area contributed by atoms with Crippen LogP contribution in [-0.2, 0) is 6.54 Å². The minimum absolute atomic E-state index is 0.0231. The molecule has 0 fully saturated rings. The van der Waals surface area contributed by atoms with Gasteiger partial charge < -0.3 is 11.1 Å². The second kappa shape index (κ2) is 5.40. The van der Waals surface area contributed by atoms with Gasteiger partial charge in [-0.2, -0.15) is 0 Å². The maximum atomic E-state index is 13.5. The van der Waals surface area contributed by atoms with Crippen LogP contribution < -0.4 is 11.1 Å². The van der Waals surface area contributed by atoms with Gasteiger partial charge in [-0.3, -0.25) is 4.79 Å². The molecular formula is C14H15FN2OS. The molecule has 5 heteroatoms. The molecule has 3 N–H and O–H groups in total. The maximum absolute atomic E-state index is 13.5.